The van der Waals surface area contributed by atoms with Gasteiger partial charge in [-0.1, -0.05) is 26.7 Å². The zero-order valence-electron chi connectivity index (χ0n) is 17.2. The Bertz CT molecular complexity index is 645. The molecule has 3 heterocycles. The Labute approximate surface area is 171 Å². The number of amides is 3. The zero-order chi connectivity index (χ0) is 20.6. The first-order chi connectivity index (χ1) is 13.3. The number of hydrogen-bond acceptors (Lipinski definition) is 5. The van der Waals surface area contributed by atoms with E-state index in [0.717, 1.165) is 25.7 Å². The van der Waals surface area contributed by atoms with Crippen LogP contribution < -0.4 is 10.6 Å². The summed E-state index contributed by atoms with van der Waals surface area (Å²) < 4.78 is -0.600. The van der Waals surface area contributed by atoms with Gasteiger partial charge in [0.1, 0.15) is 6.04 Å². The topological polar surface area (TPSA) is 98.7 Å². The number of unbranched alkanes of at least 4 members (excludes halogenated alkanes) is 2. The number of nitrogens with zero attached hydrogens (tertiary/aromatic N) is 1. The number of aliphatic hydroxyl groups is 1. The lowest BCUT2D eigenvalue weighted by Gasteiger charge is -2.39. The second-order valence-electron chi connectivity index (χ2n) is 8.44. The van der Waals surface area contributed by atoms with Crippen LogP contribution in [0.2, 0.25) is 0 Å². The third-order valence-corrected chi connectivity index (χ3v) is 8.88. The van der Waals surface area contributed by atoms with Crippen molar-refractivity contribution in [3.05, 3.63) is 0 Å². The molecule has 158 valence electrons. The first-order valence-electron chi connectivity index (χ1n) is 10.4. The van der Waals surface area contributed by atoms with Gasteiger partial charge in [-0.15, -0.1) is 11.8 Å². The molecule has 3 aliphatic heterocycles. The van der Waals surface area contributed by atoms with Crippen molar-refractivity contribution in [2.75, 3.05) is 20.2 Å². The van der Waals surface area contributed by atoms with Gasteiger partial charge in [-0.25, -0.2) is 0 Å². The number of nitrogens with one attached hydrogen (secondary N) is 2. The van der Waals surface area contributed by atoms with E-state index >= 15 is 0 Å². The molecular weight excluding hydrogens is 378 g/mol. The molecule has 28 heavy (non-hydrogen) atoms. The summed E-state index contributed by atoms with van der Waals surface area (Å²) in [5.41, 5.74) is 0. The minimum absolute atomic E-state index is 0.0610. The highest BCUT2D eigenvalue weighted by atomic mass is 32.2. The number of thioether (sulfide) groups is 1. The van der Waals surface area contributed by atoms with E-state index in [-0.39, 0.29) is 35.5 Å². The van der Waals surface area contributed by atoms with Crippen molar-refractivity contribution >= 4 is 29.5 Å². The largest absolute Gasteiger partial charge is 0.394 e. The highest BCUT2D eigenvalue weighted by Crippen LogP contribution is 2.68. The second-order valence-corrected chi connectivity index (χ2v) is 9.99. The molecule has 0 saturated carbocycles. The van der Waals surface area contributed by atoms with Crippen LogP contribution in [0.4, 0.5) is 0 Å². The Kier molecular flexibility index (Phi) is 6.29. The van der Waals surface area contributed by atoms with Crippen molar-refractivity contribution in [2.24, 2.45) is 17.8 Å². The Balaban J connectivity index is 1.97. The van der Waals surface area contributed by atoms with Gasteiger partial charge >= 0.3 is 0 Å². The summed E-state index contributed by atoms with van der Waals surface area (Å²) in [4.78, 5) is 41.0. The highest BCUT2D eigenvalue weighted by molar-refractivity contribution is 8.02. The van der Waals surface area contributed by atoms with Gasteiger partial charge in [-0.2, -0.15) is 0 Å². The quantitative estimate of drug-likeness (QED) is 0.512. The molecule has 3 unspecified atom stereocenters. The van der Waals surface area contributed by atoms with Gasteiger partial charge in [0.25, 0.3) is 0 Å². The van der Waals surface area contributed by atoms with Gasteiger partial charge in [0.05, 0.1) is 29.2 Å². The van der Waals surface area contributed by atoms with Crippen LogP contribution in [0.25, 0.3) is 0 Å². The summed E-state index contributed by atoms with van der Waals surface area (Å²) in [5.74, 6) is -1.20. The first-order valence-corrected chi connectivity index (χ1v) is 11.3. The molecule has 3 N–H and O–H groups in total. The van der Waals surface area contributed by atoms with Gasteiger partial charge in [0.15, 0.2) is 0 Å². The lowest BCUT2D eigenvalue weighted by Crippen LogP contribution is -2.58. The van der Waals surface area contributed by atoms with Crippen molar-refractivity contribution in [1.82, 2.24) is 15.5 Å². The molecule has 2 bridgehead atoms. The molecule has 0 aromatic heterocycles. The number of carbonyl (C=O) groups is 3. The van der Waals surface area contributed by atoms with E-state index in [1.54, 1.807) is 30.6 Å². The molecule has 7 nitrogen and oxygen atoms in total. The molecule has 8 heteroatoms. The Morgan fingerprint density at radius 1 is 1.36 bits per heavy atom. The minimum atomic E-state index is -0.645. The van der Waals surface area contributed by atoms with Gasteiger partial charge in [-0.3, -0.25) is 14.4 Å². The molecule has 0 aromatic rings. The molecular formula is C20H33N3O4S. The van der Waals surface area contributed by atoms with E-state index in [9.17, 15) is 19.5 Å². The highest BCUT2D eigenvalue weighted by Gasteiger charge is 2.76. The molecule has 3 saturated heterocycles. The predicted octanol–water partition coefficient (Wildman–Crippen LogP) is 0.757. The van der Waals surface area contributed by atoms with E-state index < -0.39 is 28.7 Å². The normalized spacial score (nSPS) is 37.1. The summed E-state index contributed by atoms with van der Waals surface area (Å²) in [6.45, 7) is 6.35. The van der Waals surface area contributed by atoms with Gasteiger partial charge in [0.2, 0.25) is 17.7 Å². The third-order valence-electron chi connectivity index (χ3n) is 6.80. The van der Waals surface area contributed by atoms with E-state index in [0.29, 0.717) is 6.54 Å². The van der Waals surface area contributed by atoms with Crippen LogP contribution in [0.3, 0.4) is 0 Å². The van der Waals surface area contributed by atoms with Crippen molar-refractivity contribution in [2.45, 2.75) is 68.5 Å². The fraction of sp³-hybridized carbons (Fsp3) is 0.850. The number of rotatable bonds is 8. The number of hydrogen-bond donors (Lipinski definition) is 3. The Morgan fingerprint density at radius 3 is 2.68 bits per heavy atom. The number of likely N-dealkylation sites (tertiary alicyclic amines) is 1. The second kappa shape index (κ2) is 8.22. The molecule has 0 aliphatic carbocycles. The average molecular weight is 412 g/mol. The van der Waals surface area contributed by atoms with E-state index in [2.05, 4.69) is 24.5 Å². The Hall–Kier alpha value is -1.28. The van der Waals surface area contributed by atoms with Crippen molar-refractivity contribution in [1.29, 1.82) is 0 Å². The standard InChI is InChI=1S/C20H33N3O4S/c1-5-6-7-8-22-18(26)16-20-11(2)9-13(28-20)14(17(25)21-4)15(20)19(27)23(16)12(3)10-24/h11-16,24H,5-10H2,1-4H3,(H,21,25)(H,22,26)/t11?,12-,13+,14-,15+,16?,20?/m1/s1. The van der Waals surface area contributed by atoms with Crippen LogP contribution in [0.5, 0.6) is 0 Å². The maximum absolute atomic E-state index is 13.5. The van der Waals surface area contributed by atoms with E-state index in [1.165, 1.54) is 0 Å². The molecule has 0 aromatic carbocycles. The predicted molar refractivity (Wildman–Crippen MR) is 109 cm³/mol. The fourth-order valence-corrected chi connectivity index (χ4v) is 7.88. The van der Waals surface area contributed by atoms with Crippen LogP contribution in [0, 0.1) is 17.8 Å². The van der Waals surface area contributed by atoms with Crippen LogP contribution in [-0.4, -0.2) is 70.0 Å². The summed E-state index contributed by atoms with van der Waals surface area (Å²) >= 11 is 1.66. The third kappa shape index (κ3) is 3.03. The van der Waals surface area contributed by atoms with E-state index in [4.69, 9.17) is 0 Å². The zero-order valence-corrected chi connectivity index (χ0v) is 18.1. The van der Waals surface area contributed by atoms with Gasteiger partial charge in [0, 0.05) is 18.8 Å². The number of fused-ring (bicyclic) bond motifs is 1. The molecule has 3 aliphatic rings. The lowest BCUT2D eigenvalue weighted by molar-refractivity contribution is -0.142. The van der Waals surface area contributed by atoms with Gasteiger partial charge < -0.3 is 20.6 Å². The van der Waals surface area contributed by atoms with Crippen molar-refractivity contribution in [3.8, 4) is 0 Å². The summed E-state index contributed by atoms with van der Waals surface area (Å²) in [6, 6.07) is -1.11. The molecule has 3 amide bonds. The lowest BCUT2D eigenvalue weighted by atomic mass is 9.66. The fourth-order valence-electron chi connectivity index (χ4n) is 5.47. The number of carbonyl (C=O) groups excluding carboxylic acids is 3. The number of aliphatic hydroxyl groups excluding tert-OH is 1. The van der Waals surface area contributed by atoms with Crippen LogP contribution in [0.15, 0.2) is 0 Å². The smallest absolute Gasteiger partial charge is 0.244 e. The average Bonchev–Trinajstić information content (AvgIpc) is 3.27. The minimum Gasteiger partial charge on any atom is -0.394 e. The maximum atomic E-state index is 13.5. The SMILES string of the molecule is CCCCCNC(=O)C1N([C@H](C)CO)C(=O)[C@@H]2[C@H](C(=O)NC)[C@@H]3CC(C)C12S3. The molecule has 3 rings (SSSR count). The van der Waals surface area contributed by atoms with Crippen LogP contribution in [-0.2, 0) is 14.4 Å². The summed E-state index contributed by atoms with van der Waals surface area (Å²) in [5, 5.41) is 15.6. The first kappa shape index (κ1) is 21.4. The Morgan fingerprint density at radius 2 is 2.07 bits per heavy atom. The maximum Gasteiger partial charge on any atom is 0.244 e. The molecule has 1 spiro atoms. The summed E-state index contributed by atoms with van der Waals surface area (Å²) in [7, 11) is 1.60. The monoisotopic (exact) mass is 411 g/mol. The molecule has 7 atom stereocenters. The van der Waals surface area contributed by atoms with Crippen LogP contribution >= 0.6 is 11.8 Å². The van der Waals surface area contributed by atoms with Crippen molar-refractivity contribution in [3.63, 3.8) is 0 Å². The molecule has 0 radical (unpaired) electrons. The van der Waals surface area contributed by atoms with Crippen LogP contribution in [0.1, 0.15) is 46.5 Å². The van der Waals surface area contributed by atoms with E-state index in [1.807, 2.05) is 0 Å². The van der Waals surface area contributed by atoms with Crippen molar-refractivity contribution < 1.29 is 19.5 Å². The summed E-state index contributed by atoms with van der Waals surface area (Å²) in [6.07, 6.45) is 3.84. The van der Waals surface area contributed by atoms with Gasteiger partial charge in [-0.05, 0) is 25.7 Å². The molecule has 3 fully saturated rings.